The number of ether oxygens (including phenoxy) is 1. The van der Waals surface area contributed by atoms with Gasteiger partial charge in [0.25, 0.3) is 0 Å². The number of hydrogen-bond acceptors (Lipinski definition) is 4. The molecule has 1 rings (SSSR count). The van der Waals surface area contributed by atoms with Crippen LogP contribution in [0.3, 0.4) is 0 Å². The third-order valence-corrected chi connectivity index (χ3v) is 3.68. The van der Waals surface area contributed by atoms with Crippen molar-refractivity contribution in [2.45, 2.75) is 58.4 Å². The van der Waals surface area contributed by atoms with Gasteiger partial charge in [-0.15, -0.1) is 0 Å². The van der Waals surface area contributed by atoms with Crippen molar-refractivity contribution in [1.82, 2.24) is 0 Å². The van der Waals surface area contributed by atoms with Gasteiger partial charge >= 0.3 is 12.1 Å². The minimum absolute atomic E-state index is 0.0287. The maximum Gasteiger partial charge on any atom is 0.393 e. The topological polar surface area (TPSA) is 81.4 Å². The lowest BCUT2D eigenvalue weighted by Crippen LogP contribution is -2.46. The van der Waals surface area contributed by atoms with Crippen molar-refractivity contribution < 1.29 is 31.9 Å². The number of nitrogens with two attached hydrogens (primary N) is 1. The van der Waals surface area contributed by atoms with Crippen LogP contribution in [0, 0.1) is 11.7 Å². The van der Waals surface area contributed by atoms with Crippen LogP contribution in [0.1, 0.15) is 39.7 Å². The Morgan fingerprint density at radius 1 is 1.22 bits per heavy atom. The molecule has 1 aromatic rings. The Kier molecular flexibility index (Phi) is 7.36. The first-order chi connectivity index (χ1) is 12.2. The number of carbonyl (C=O) groups is 2. The number of alkyl halides is 3. The van der Waals surface area contributed by atoms with Crippen molar-refractivity contribution in [3.8, 4) is 0 Å². The van der Waals surface area contributed by atoms with Gasteiger partial charge in [0.1, 0.15) is 11.4 Å². The number of aryl methyl sites for hydroxylation is 1. The lowest BCUT2D eigenvalue weighted by atomic mass is 10.0. The van der Waals surface area contributed by atoms with Gasteiger partial charge in [0, 0.05) is 6.42 Å². The maximum atomic E-state index is 13.9. The second-order valence-electron chi connectivity index (χ2n) is 7.25. The van der Waals surface area contributed by atoms with Crippen LogP contribution in [-0.2, 0) is 20.7 Å². The standard InChI is InChI=1S/C18H24F4N2O3/c1-10(18(20,21)22)15(23)16(26)24-13-9-11(5-7-12(13)19)6-8-14(25)27-17(2,3)4/h5,7,9-10,15H,6,8,23H2,1-4H3,(H,24,26). The minimum atomic E-state index is -4.65. The van der Waals surface area contributed by atoms with Crippen LogP contribution in [0.15, 0.2) is 18.2 Å². The van der Waals surface area contributed by atoms with Crippen LogP contribution in [0.25, 0.3) is 0 Å². The molecule has 152 valence electrons. The lowest BCUT2D eigenvalue weighted by molar-refractivity contribution is -0.176. The first-order valence-electron chi connectivity index (χ1n) is 8.34. The van der Waals surface area contributed by atoms with Gasteiger partial charge in [-0.1, -0.05) is 13.0 Å². The average molecular weight is 392 g/mol. The highest BCUT2D eigenvalue weighted by Crippen LogP contribution is 2.28. The van der Waals surface area contributed by atoms with Gasteiger partial charge in [-0.2, -0.15) is 13.2 Å². The fourth-order valence-electron chi connectivity index (χ4n) is 2.11. The Hall–Kier alpha value is -2.16. The van der Waals surface area contributed by atoms with Crippen molar-refractivity contribution in [3.05, 3.63) is 29.6 Å². The molecule has 0 aliphatic heterocycles. The highest BCUT2D eigenvalue weighted by atomic mass is 19.4. The molecule has 0 saturated carbocycles. The molecule has 0 spiro atoms. The van der Waals surface area contributed by atoms with E-state index in [-0.39, 0.29) is 18.5 Å². The van der Waals surface area contributed by atoms with Crippen LogP contribution in [-0.4, -0.2) is 29.7 Å². The summed E-state index contributed by atoms with van der Waals surface area (Å²) in [6.07, 6.45) is -4.41. The molecule has 9 heteroatoms. The summed E-state index contributed by atoms with van der Waals surface area (Å²) in [5.74, 6) is -4.51. The predicted octanol–water partition coefficient (Wildman–Crippen LogP) is 3.56. The Balaban J connectivity index is 2.79. The van der Waals surface area contributed by atoms with Gasteiger partial charge < -0.3 is 15.8 Å². The normalized spacial score (nSPS) is 14.4. The van der Waals surface area contributed by atoms with E-state index in [1.54, 1.807) is 20.8 Å². The van der Waals surface area contributed by atoms with Gasteiger partial charge in [-0.25, -0.2) is 4.39 Å². The van der Waals surface area contributed by atoms with E-state index in [2.05, 4.69) is 5.32 Å². The van der Waals surface area contributed by atoms with Crippen molar-refractivity contribution in [2.24, 2.45) is 11.7 Å². The zero-order valence-corrected chi connectivity index (χ0v) is 15.6. The molecule has 0 fully saturated rings. The monoisotopic (exact) mass is 392 g/mol. The van der Waals surface area contributed by atoms with Crippen LogP contribution in [0.4, 0.5) is 23.2 Å². The van der Waals surface area contributed by atoms with Crippen molar-refractivity contribution >= 4 is 17.6 Å². The highest BCUT2D eigenvalue weighted by Gasteiger charge is 2.42. The van der Waals surface area contributed by atoms with E-state index in [0.717, 1.165) is 13.0 Å². The van der Waals surface area contributed by atoms with Crippen molar-refractivity contribution in [1.29, 1.82) is 0 Å². The van der Waals surface area contributed by atoms with E-state index in [4.69, 9.17) is 10.5 Å². The number of nitrogens with one attached hydrogen (secondary N) is 1. The van der Waals surface area contributed by atoms with Crippen LogP contribution >= 0.6 is 0 Å². The zero-order valence-electron chi connectivity index (χ0n) is 15.6. The molecule has 1 aromatic carbocycles. The number of anilines is 1. The van der Waals surface area contributed by atoms with E-state index in [1.165, 1.54) is 12.1 Å². The summed E-state index contributed by atoms with van der Waals surface area (Å²) in [6.45, 7) is 5.95. The summed E-state index contributed by atoms with van der Waals surface area (Å²) in [4.78, 5) is 23.6. The molecule has 1 amide bonds. The molecule has 0 aliphatic carbocycles. The van der Waals surface area contributed by atoms with Gasteiger partial charge in [0.15, 0.2) is 0 Å². The number of benzene rings is 1. The molecule has 0 bridgehead atoms. The Morgan fingerprint density at radius 2 is 1.81 bits per heavy atom. The first-order valence-corrected chi connectivity index (χ1v) is 8.34. The molecule has 0 aromatic heterocycles. The smallest absolute Gasteiger partial charge is 0.393 e. The molecule has 0 heterocycles. The van der Waals surface area contributed by atoms with Gasteiger partial charge in [0.05, 0.1) is 17.6 Å². The summed E-state index contributed by atoms with van der Waals surface area (Å²) >= 11 is 0. The van der Waals surface area contributed by atoms with E-state index < -0.39 is 41.4 Å². The molecule has 2 unspecified atom stereocenters. The first kappa shape index (κ1) is 22.9. The largest absolute Gasteiger partial charge is 0.460 e. The Morgan fingerprint density at radius 3 is 2.33 bits per heavy atom. The van der Waals surface area contributed by atoms with Gasteiger partial charge in [0.2, 0.25) is 5.91 Å². The number of amides is 1. The lowest BCUT2D eigenvalue weighted by Gasteiger charge is -2.22. The summed E-state index contributed by atoms with van der Waals surface area (Å²) in [6, 6.07) is 1.84. The van der Waals surface area contributed by atoms with Crippen LogP contribution < -0.4 is 11.1 Å². The zero-order chi connectivity index (χ0) is 21.0. The number of carbonyl (C=O) groups excluding carboxylic acids is 2. The van der Waals surface area contributed by atoms with E-state index >= 15 is 0 Å². The number of hydrogen-bond donors (Lipinski definition) is 2. The Labute approximate surface area is 155 Å². The summed E-state index contributed by atoms with van der Waals surface area (Å²) in [5.41, 5.74) is 4.90. The SMILES string of the molecule is CC(C(N)C(=O)Nc1cc(CCC(=O)OC(C)(C)C)ccc1F)C(F)(F)F. The summed E-state index contributed by atoms with van der Waals surface area (Å²) in [7, 11) is 0. The predicted molar refractivity (Wildman–Crippen MR) is 92.4 cm³/mol. The quantitative estimate of drug-likeness (QED) is 0.573. The summed E-state index contributed by atoms with van der Waals surface area (Å²) in [5, 5.41) is 2.07. The van der Waals surface area contributed by atoms with Gasteiger partial charge in [-0.3, -0.25) is 9.59 Å². The van der Waals surface area contributed by atoms with E-state index in [9.17, 15) is 27.2 Å². The molecule has 27 heavy (non-hydrogen) atoms. The van der Waals surface area contributed by atoms with Crippen molar-refractivity contribution in [2.75, 3.05) is 5.32 Å². The molecule has 0 radical (unpaired) electrons. The maximum absolute atomic E-state index is 13.9. The fourth-order valence-corrected chi connectivity index (χ4v) is 2.11. The number of rotatable bonds is 6. The minimum Gasteiger partial charge on any atom is -0.460 e. The highest BCUT2D eigenvalue weighted by molar-refractivity contribution is 5.95. The third kappa shape index (κ3) is 7.54. The molecule has 0 saturated heterocycles. The number of esters is 1. The summed E-state index contributed by atoms with van der Waals surface area (Å²) < 4.78 is 57.0. The third-order valence-electron chi connectivity index (χ3n) is 3.68. The average Bonchev–Trinajstić information content (AvgIpc) is 2.51. The molecule has 0 aliphatic rings. The molecule has 5 nitrogen and oxygen atoms in total. The van der Waals surface area contributed by atoms with E-state index in [1.807, 2.05) is 0 Å². The van der Waals surface area contributed by atoms with E-state index in [0.29, 0.717) is 5.56 Å². The molecular formula is C18H24F4N2O3. The molecule has 2 atom stereocenters. The number of halogens is 4. The van der Waals surface area contributed by atoms with Gasteiger partial charge in [-0.05, 0) is 44.9 Å². The van der Waals surface area contributed by atoms with Crippen LogP contribution in [0.5, 0.6) is 0 Å². The fraction of sp³-hybridized carbons (Fsp3) is 0.556. The molecule has 3 N–H and O–H groups in total. The van der Waals surface area contributed by atoms with Crippen molar-refractivity contribution in [3.63, 3.8) is 0 Å². The molecular weight excluding hydrogens is 368 g/mol. The second kappa shape index (κ2) is 8.69. The second-order valence-corrected chi connectivity index (χ2v) is 7.25. The Bertz CT molecular complexity index is 684. The van der Waals surface area contributed by atoms with Crippen LogP contribution in [0.2, 0.25) is 0 Å².